The zero-order valence-electron chi connectivity index (χ0n) is 15.3. The monoisotopic (exact) mass is 477 g/mol. The molecule has 2 aromatic rings. The summed E-state index contributed by atoms with van der Waals surface area (Å²) in [6.45, 7) is 2.31. The zero-order chi connectivity index (χ0) is 18.8. The minimum absolute atomic E-state index is 0. The molecule has 0 aliphatic rings. The lowest BCUT2D eigenvalue weighted by atomic mass is 10.2. The molecule has 2 N–H and O–H groups in total. The maximum absolute atomic E-state index is 8.79. The van der Waals surface area contributed by atoms with E-state index >= 15 is 0 Å². The second-order valence-corrected chi connectivity index (χ2v) is 7.21. The molecule has 0 amide bonds. The van der Waals surface area contributed by atoms with Crippen LogP contribution in [-0.4, -0.2) is 25.4 Å². The van der Waals surface area contributed by atoms with E-state index in [2.05, 4.69) is 21.2 Å². The van der Waals surface area contributed by atoms with Crippen molar-refractivity contribution < 1.29 is 14.6 Å². The highest BCUT2D eigenvalue weighted by atomic mass is 79.9. The van der Waals surface area contributed by atoms with Crippen molar-refractivity contribution in [2.24, 2.45) is 0 Å². The molecule has 27 heavy (non-hydrogen) atoms. The van der Waals surface area contributed by atoms with Gasteiger partial charge in [0.2, 0.25) is 0 Å². The van der Waals surface area contributed by atoms with Crippen LogP contribution in [0.4, 0.5) is 0 Å². The Kier molecular flexibility index (Phi) is 11.8. The summed E-state index contributed by atoms with van der Waals surface area (Å²) in [5.41, 5.74) is 2.04. The number of hydrogen-bond donors (Lipinski definition) is 2. The lowest BCUT2D eigenvalue weighted by molar-refractivity contribution is 0.282. The number of unbranched alkanes of at least 4 members (excludes halogenated alkanes) is 2. The van der Waals surface area contributed by atoms with E-state index in [1.807, 2.05) is 36.4 Å². The summed E-state index contributed by atoms with van der Waals surface area (Å²) in [6, 6.07) is 11.6. The molecule has 0 fully saturated rings. The third-order valence-corrected chi connectivity index (χ3v) is 4.92. The highest BCUT2D eigenvalue weighted by Gasteiger charge is 2.12. The summed E-state index contributed by atoms with van der Waals surface area (Å²) >= 11 is 9.77. The van der Waals surface area contributed by atoms with E-state index in [0.29, 0.717) is 23.1 Å². The lowest BCUT2D eigenvalue weighted by Crippen LogP contribution is -2.15. The summed E-state index contributed by atoms with van der Waals surface area (Å²) in [7, 11) is 1.64. The number of rotatable bonds is 11. The smallest absolute Gasteiger partial charge is 0.175 e. The van der Waals surface area contributed by atoms with Crippen molar-refractivity contribution in [3.05, 3.63) is 57.0 Å². The van der Waals surface area contributed by atoms with Gasteiger partial charge in [0.15, 0.2) is 11.5 Å². The molecule has 4 nitrogen and oxygen atoms in total. The first-order valence-electron chi connectivity index (χ1n) is 8.70. The Balaban J connectivity index is 0.00000364. The van der Waals surface area contributed by atoms with Gasteiger partial charge in [-0.25, -0.2) is 0 Å². The normalized spacial score (nSPS) is 10.4. The van der Waals surface area contributed by atoms with Gasteiger partial charge in [-0.2, -0.15) is 0 Å². The van der Waals surface area contributed by atoms with Crippen LogP contribution in [0.2, 0.25) is 5.02 Å². The maximum Gasteiger partial charge on any atom is 0.175 e. The van der Waals surface area contributed by atoms with Crippen molar-refractivity contribution in [3.63, 3.8) is 0 Å². The summed E-state index contributed by atoms with van der Waals surface area (Å²) < 4.78 is 12.3. The van der Waals surface area contributed by atoms with Gasteiger partial charge in [0.25, 0.3) is 0 Å². The molecule has 2 aromatic carbocycles. The van der Waals surface area contributed by atoms with Crippen molar-refractivity contribution >= 4 is 39.9 Å². The van der Waals surface area contributed by atoms with Crippen LogP contribution in [0.1, 0.15) is 30.4 Å². The molecule has 0 aromatic heterocycles. The third kappa shape index (κ3) is 7.88. The first-order valence-corrected chi connectivity index (χ1v) is 9.87. The van der Waals surface area contributed by atoms with E-state index in [1.54, 1.807) is 7.11 Å². The molecule has 0 heterocycles. The second kappa shape index (κ2) is 13.2. The Morgan fingerprint density at radius 2 is 1.93 bits per heavy atom. The van der Waals surface area contributed by atoms with Crippen LogP contribution in [0.15, 0.2) is 40.9 Å². The molecule has 0 saturated heterocycles. The van der Waals surface area contributed by atoms with Crippen molar-refractivity contribution in [2.45, 2.75) is 32.4 Å². The number of nitrogens with one attached hydrogen (secondary N) is 1. The van der Waals surface area contributed by atoms with Crippen molar-refractivity contribution in [1.29, 1.82) is 0 Å². The van der Waals surface area contributed by atoms with E-state index in [4.69, 9.17) is 26.2 Å². The fourth-order valence-electron chi connectivity index (χ4n) is 2.55. The number of ether oxygens (including phenoxy) is 2. The SMILES string of the molecule is COc1cc(CNCCCCCO)cc(Br)c1OCc1ccccc1Cl.Cl. The van der Waals surface area contributed by atoms with E-state index in [1.165, 1.54) is 0 Å². The average molecular weight is 479 g/mol. The van der Waals surface area contributed by atoms with Crippen LogP contribution < -0.4 is 14.8 Å². The van der Waals surface area contributed by atoms with Crippen molar-refractivity contribution in [2.75, 3.05) is 20.3 Å². The van der Waals surface area contributed by atoms with Gasteiger partial charge < -0.3 is 19.9 Å². The number of halogens is 3. The molecule has 0 spiro atoms. The molecule has 0 aliphatic carbocycles. The Hall–Kier alpha value is -0.980. The number of benzene rings is 2. The molecule has 0 radical (unpaired) electrons. The molecule has 2 rings (SSSR count). The Morgan fingerprint density at radius 3 is 2.63 bits per heavy atom. The average Bonchev–Trinajstić information content (AvgIpc) is 2.64. The van der Waals surface area contributed by atoms with Crippen LogP contribution in [0.25, 0.3) is 0 Å². The molecular weight excluding hydrogens is 453 g/mol. The highest BCUT2D eigenvalue weighted by molar-refractivity contribution is 9.10. The number of methoxy groups -OCH3 is 1. The minimum atomic E-state index is 0. The summed E-state index contributed by atoms with van der Waals surface area (Å²) in [6.07, 6.45) is 2.95. The van der Waals surface area contributed by atoms with E-state index in [-0.39, 0.29) is 19.0 Å². The standard InChI is InChI=1S/C20H25BrClNO3.ClH/c1-25-19-12-15(13-23-9-5-2-6-10-24)11-17(21)20(19)26-14-16-7-3-4-8-18(16)22;/h3-4,7-8,11-12,23-24H,2,5-6,9-10,13-14H2,1H3;1H. The van der Waals surface area contributed by atoms with Crippen LogP contribution in [0, 0.1) is 0 Å². The second-order valence-electron chi connectivity index (χ2n) is 5.95. The molecule has 150 valence electrons. The molecule has 0 atom stereocenters. The van der Waals surface area contributed by atoms with Gasteiger partial charge in [-0.1, -0.05) is 29.8 Å². The highest BCUT2D eigenvalue weighted by Crippen LogP contribution is 2.37. The lowest BCUT2D eigenvalue weighted by Gasteiger charge is -2.15. The molecule has 0 saturated carbocycles. The summed E-state index contributed by atoms with van der Waals surface area (Å²) in [4.78, 5) is 0. The van der Waals surface area contributed by atoms with Crippen molar-refractivity contribution in [1.82, 2.24) is 5.32 Å². The quantitative estimate of drug-likeness (QED) is 0.426. The molecular formula is C20H26BrCl2NO3. The molecule has 0 bridgehead atoms. The first-order chi connectivity index (χ1) is 12.7. The van der Waals surface area contributed by atoms with E-state index < -0.39 is 0 Å². The van der Waals surface area contributed by atoms with Gasteiger partial charge in [-0.05, 0) is 65.5 Å². The Labute approximate surface area is 180 Å². The number of aliphatic hydroxyl groups excluding tert-OH is 1. The fraction of sp³-hybridized carbons (Fsp3) is 0.400. The van der Waals surface area contributed by atoms with Gasteiger partial charge in [-0.15, -0.1) is 12.4 Å². The molecule has 0 aliphatic heterocycles. The van der Waals surface area contributed by atoms with Gasteiger partial charge in [0, 0.05) is 23.7 Å². The number of aliphatic hydroxyl groups is 1. The molecule has 0 unspecified atom stereocenters. The van der Waals surface area contributed by atoms with Gasteiger partial charge in [-0.3, -0.25) is 0 Å². The Morgan fingerprint density at radius 1 is 1.15 bits per heavy atom. The van der Waals surface area contributed by atoms with E-state index in [0.717, 1.165) is 48.0 Å². The fourth-order valence-corrected chi connectivity index (χ4v) is 3.35. The predicted molar refractivity (Wildman–Crippen MR) is 116 cm³/mol. The minimum Gasteiger partial charge on any atom is -0.493 e. The Bertz CT molecular complexity index is 701. The summed E-state index contributed by atoms with van der Waals surface area (Å²) in [5, 5.41) is 12.9. The molecule has 7 heteroatoms. The van der Waals surface area contributed by atoms with Gasteiger partial charge in [0.1, 0.15) is 6.61 Å². The predicted octanol–water partition coefficient (Wildman–Crippen LogP) is 5.36. The van der Waals surface area contributed by atoms with Crippen LogP contribution >= 0.6 is 39.9 Å². The summed E-state index contributed by atoms with van der Waals surface area (Å²) in [5.74, 6) is 1.35. The maximum atomic E-state index is 8.79. The largest absolute Gasteiger partial charge is 0.493 e. The van der Waals surface area contributed by atoms with E-state index in [9.17, 15) is 0 Å². The van der Waals surface area contributed by atoms with Crippen LogP contribution in [0.5, 0.6) is 11.5 Å². The number of hydrogen-bond acceptors (Lipinski definition) is 4. The topological polar surface area (TPSA) is 50.7 Å². The van der Waals surface area contributed by atoms with Crippen molar-refractivity contribution in [3.8, 4) is 11.5 Å². The van der Waals surface area contributed by atoms with Gasteiger partial charge >= 0.3 is 0 Å². The third-order valence-electron chi connectivity index (χ3n) is 3.96. The zero-order valence-corrected chi connectivity index (χ0v) is 18.5. The van der Waals surface area contributed by atoms with Crippen LogP contribution in [-0.2, 0) is 13.2 Å². The van der Waals surface area contributed by atoms with Gasteiger partial charge in [0.05, 0.1) is 11.6 Å². The van der Waals surface area contributed by atoms with Crippen LogP contribution in [0.3, 0.4) is 0 Å². The first kappa shape index (κ1) is 24.1.